The SMILES string of the molecule is Cc1cc(C(=O)N2Cc3c(C(=O)NCc4ccccc4-c4ncccn4)n(-c4ccc5c(cnn5C[C@@H](O)C(F)(F)F)c4)c(=O)n3C[C@@H]2C)ccc1Br. The summed E-state index contributed by atoms with van der Waals surface area (Å²) in [6.07, 6.45) is -2.90. The molecule has 0 fully saturated rings. The monoisotopic (exact) mass is 788 g/mol. The molecule has 2 N–H and O–H groups in total. The Morgan fingerprint density at radius 3 is 2.55 bits per heavy atom. The van der Waals surface area contributed by atoms with Crippen molar-refractivity contribution in [3.05, 3.63) is 128 Å². The molecule has 0 radical (unpaired) electrons. The minimum atomic E-state index is -4.84. The molecule has 6 aromatic rings. The van der Waals surface area contributed by atoms with E-state index in [2.05, 4.69) is 36.3 Å². The van der Waals surface area contributed by atoms with Crippen LogP contribution in [0.15, 0.2) is 94.6 Å². The van der Waals surface area contributed by atoms with Gasteiger partial charge in [-0.2, -0.15) is 18.3 Å². The van der Waals surface area contributed by atoms with Crippen LogP contribution >= 0.6 is 15.9 Å². The number of carbonyl (C=O) groups excluding carboxylic acids is 2. The van der Waals surface area contributed by atoms with Crippen LogP contribution in [0.5, 0.6) is 0 Å². The number of nitrogens with one attached hydrogen (secondary N) is 1. The number of halogens is 4. The first-order valence-electron chi connectivity index (χ1n) is 16.6. The van der Waals surface area contributed by atoms with Crippen LogP contribution in [0.2, 0.25) is 0 Å². The molecule has 272 valence electrons. The van der Waals surface area contributed by atoms with E-state index in [4.69, 9.17) is 0 Å². The Kier molecular flexibility index (Phi) is 9.50. The Morgan fingerprint density at radius 1 is 1.06 bits per heavy atom. The van der Waals surface area contributed by atoms with Gasteiger partial charge in [0.2, 0.25) is 0 Å². The molecule has 7 rings (SSSR count). The molecule has 16 heteroatoms. The smallest absolute Gasteiger partial charge is 0.382 e. The van der Waals surface area contributed by atoms with Gasteiger partial charge in [0.05, 0.1) is 36.2 Å². The summed E-state index contributed by atoms with van der Waals surface area (Å²) < 4.78 is 44.0. The average molecular weight is 790 g/mol. The molecule has 2 amide bonds. The number of aryl methyl sites for hydroxylation is 1. The van der Waals surface area contributed by atoms with Gasteiger partial charge in [0.25, 0.3) is 11.8 Å². The fraction of sp³-hybridized carbons (Fsp3) is 0.243. The van der Waals surface area contributed by atoms with Crippen molar-refractivity contribution in [2.45, 2.75) is 58.3 Å². The Labute approximate surface area is 308 Å². The highest BCUT2D eigenvalue weighted by Crippen LogP contribution is 2.28. The summed E-state index contributed by atoms with van der Waals surface area (Å²) in [6.45, 7) is 2.99. The molecule has 0 saturated carbocycles. The van der Waals surface area contributed by atoms with E-state index in [-0.39, 0.29) is 42.4 Å². The number of benzene rings is 3. The van der Waals surface area contributed by atoms with Crippen LogP contribution in [0, 0.1) is 6.92 Å². The predicted molar refractivity (Wildman–Crippen MR) is 192 cm³/mol. The van der Waals surface area contributed by atoms with Crippen LogP contribution in [0.25, 0.3) is 28.0 Å². The normalized spacial score (nSPS) is 15.0. The van der Waals surface area contributed by atoms with Crippen LogP contribution in [0.3, 0.4) is 0 Å². The van der Waals surface area contributed by atoms with Crippen molar-refractivity contribution in [1.29, 1.82) is 0 Å². The largest absolute Gasteiger partial charge is 0.416 e. The number of hydrogen-bond acceptors (Lipinski definition) is 7. The molecular weight excluding hydrogens is 757 g/mol. The number of aliphatic hydroxyl groups is 1. The van der Waals surface area contributed by atoms with E-state index in [9.17, 15) is 32.7 Å². The molecule has 3 aromatic heterocycles. The number of alkyl halides is 3. The molecule has 1 aliphatic rings. The molecule has 12 nitrogen and oxygen atoms in total. The fourth-order valence-corrected chi connectivity index (χ4v) is 6.77. The van der Waals surface area contributed by atoms with Gasteiger partial charge in [0, 0.05) is 52.5 Å². The maximum Gasteiger partial charge on any atom is 0.416 e. The number of imidazole rings is 1. The van der Waals surface area contributed by atoms with Gasteiger partial charge in [-0.15, -0.1) is 0 Å². The lowest BCUT2D eigenvalue weighted by atomic mass is 10.1. The Bertz CT molecular complexity index is 2420. The fourth-order valence-electron chi connectivity index (χ4n) is 6.52. The molecule has 0 saturated heterocycles. The lowest BCUT2D eigenvalue weighted by molar-refractivity contribution is -0.207. The van der Waals surface area contributed by atoms with Crippen LogP contribution < -0.4 is 11.0 Å². The molecule has 0 aliphatic carbocycles. The highest BCUT2D eigenvalue weighted by atomic mass is 79.9. The summed E-state index contributed by atoms with van der Waals surface area (Å²) in [5.41, 5.74) is 3.09. The number of nitrogens with zero attached hydrogens (tertiary/aromatic N) is 7. The molecule has 53 heavy (non-hydrogen) atoms. The van der Waals surface area contributed by atoms with Crippen LogP contribution in [-0.4, -0.2) is 69.0 Å². The Hall–Kier alpha value is -5.61. The van der Waals surface area contributed by atoms with Crippen LogP contribution in [0.1, 0.15) is 44.6 Å². The van der Waals surface area contributed by atoms with E-state index in [1.807, 2.05) is 38.1 Å². The number of carbonyl (C=O) groups is 2. The molecule has 0 unspecified atom stereocenters. The second kappa shape index (κ2) is 14.1. The van der Waals surface area contributed by atoms with Gasteiger partial charge in [-0.05, 0) is 67.4 Å². The van der Waals surface area contributed by atoms with Gasteiger partial charge in [0.15, 0.2) is 11.9 Å². The number of fused-ring (bicyclic) bond motifs is 2. The van der Waals surface area contributed by atoms with Crippen LogP contribution in [0.4, 0.5) is 13.2 Å². The summed E-state index contributed by atoms with van der Waals surface area (Å²) >= 11 is 3.47. The maximum absolute atomic E-state index is 14.4. The van der Waals surface area contributed by atoms with E-state index in [1.54, 1.807) is 47.6 Å². The van der Waals surface area contributed by atoms with E-state index in [1.165, 1.54) is 27.5 Å². The molecule has 3 aromatic carbocycles. The molecule has 2 atom stereocenters. The highest BCUT2D eigenvalue weighted by Gasteiger charge is 2.39. The number of amides is 2. The summed E-state index contributed by atoms with van der Waals surface area (Å²) in [5, 5.41) is 17.0. The van der Waals surface area contributed by atoms with E-state index in [0.717, 1.165) is 20.3 Å². The predicted octanol–water partition coefficient (Wildman–Crippen LogP) is 5.41. The number of aromatic nitrogens is 6. The van der Waals surface area contributed by atoms with Gasteiger partial charge in [0.1, 0.15) is 5.69 Å². The minimum absolute atomic E-state index is 0.000589. The van der Waals surface area contributed by atoms with E-state index >= 15 is 0 Å². The first-order chi connectivity index (χ1) is 25.3. The third-order valence-electron chi connectivity index (χ3n) is 9.30. The van der Waals surface area contributed by atoms with Crippen molar-refractivity contribution < 1.29 is 27.9 Å². The summed E-state index contributed by atoms with van der Waals surface area (Å²) in [4.78, 5) is 52.8. The van der Waals surface area contributed by atoms with Crippen molar-refractivity contribution >= 4 is 38.6 Å². The van der Waals surface area contributed by atoms with Crippen LogP contribution in [-0.2, 0) is 26.2 Å². The average Bonchev–Trinajstić information content (AvgIpc) is 3.67. The topological polar surface area (TPSA) is 140 Å². The van der Waals surface area contributed by atoms with Crippen molar-refractivity contribution in [2.24, 2.45) is 0 Å². The zero-order valence-corrected chi connectivity index (χ0v) is 30.0. The minimum Gasteiger partial charge on any atom is -0.382 e. The van der Waals surface area contributed by atoms with Crippen molar-refractivity contribution in [2.75, 3.05) is 0 Å². The highest BCUT2D eigenvalue weighted by molar-refractivity contribution is 9.10. The van der Waals surface area contributed by atoms with Gasteiger partial charge in [-0.3, -0.25) is 23.4 Å². The zero-order chi connectivity index (χ0) is 37.6. The zero-order valence-electron chi connectivity index (χ0n) is 28.4. The first kappa shape index (κ1) is 35.8. The van der Waals surface area contributed by atoms with Crippen molar-refractivity contribution in [3.8, 4) is 17.1 Å². The molecule has 0 spiro atoms. The maximum atomic E-state index is 14.4. The lowest BCUT2D eigenvalue weighted by Gasteiger charge is -2.34. The van der Waals surface area contributed by atoms with Gasteiger partial charge in [-0.25, -0.2) is 14.8 Å². The molecule has 0 bridgehead atoms. The van der Waals surface area contributed by atoms with Gasteiger partial charge in [-0.1, -0.05) is 40.2 Å². The van der Waals surface area contributed by atoms with Crippen molar-refractivity contribution in [3.63, 3.8) is 0 Å². The summed E-state index contributed by atoms with van der Waals surface area (Å²) in [5.74, 6) is -0.388. The summed E-state index contributed by atoms with van der Waals surface area (Å²) in [7, 11) is 0. The Balaban J connectivity index is 1.29. The van der Waals surface area contributed by atoms with E-state index in [0.29, 0.717) is 28.0 Å². The summed E-state index contributed by atoms with van der Waals surface area (Å²) in [6, 6.07) is 18.4. The number of aliphatic hydroxyl groups excluding tert-OH is 1. The molecule has 4 heterocycles. The molecule has 1 aliphatic heterocycles. The number of rotatable bonds is 8. The molecular formula is C37H32BrF3N8O4. The quantitative estimate of drug-likeness (QED) is 0.210. The standard InChI is InChI=1S/C37H32BrF3N8O4/c1-21-14-23(8-10-28(21)38)35(52)46-19-30-32(34(51)44-16-24-6-3-4-7-27(24)33-42-12-5-13-43-33)49(36(53)47(30)18-22(46)2)26-9-11-29-25(15-26)17-45-48(29)20-31(50)37(39,40)41/h3-15,17,22,31,50H,16,18-20H2,1-2H3,(H,44,51)/t22-,31+/m0/s1. The van der Waals surface area contributed by atoms with Gasteiger partial charge < -0.3 is 15.3 Å². The number of hydrogen-bond donors (Lipinski definition) is 2. The van der Waals surface area contributed by atoms with Crippen molar-refractivity contribution in [1.82, 2.24) is 39.1 Å². The second-order valence-corrected chi connectivity index (χ2v) is 13.7. The third kappa shape index (κ3) is 6.87. The van der Waals surface area contributed by atoms with Gasteiger partial charge >= 0.3 is 11.9 Å². The van der Waals surface area contributed by atoms with E-state index < -0.39 is 36.5 Å². The third-order valence-corrected chi connectivity index (χ3v) is 10.2. The first-order valence-corrected chi connectivity index (χ1v) is 17.4. The Morgan fingerprint density at radius 2 is 1.81 bits per heavy atom. The second-order valence-electron chi connectivity index (χ2n) is 12.8. The lowest BCUT2D eigenvalue weighted by Crippen LogP contribution is -2.47.